The number of thiocarbonyl (C=S) groups is 1. The zero-order valence-electron chi connectivity index (χ0n) is 17.0. The van der Waals surface area contributed by atoms with Crippen molar-refractivity contribution in [2.24, 2.45) is 5.10 Å². The minimum atomic E-state index is -0.225. The normalized spacial score (nSPS) is 11.3. The van der Waals surface area contributed by atoms with Gasteiger partial charge in [-0.1, -0.05) is 36.4 Å². The van der Waals surface area contributed by atoms with Gasteiger partial charge in [0.1, 0.15) is 10.7 Å². The van der Waals surface area contributed by atoms with E-state index in [0.29, 0.717) is 21.3 Å². The molecule has 0 spiro atoms. The Kier molecular flexibility index (Phi) is 6.11. The third-order valence-electron chi connectivity index (χ3n) is 4.58. The van der Waals surface area contributed by atoms with Gasteiger partial charge in [0.15, 0.2) is 9.45 Å². The lowest BCUT2D eigenvalue weighted by Crippen LogP contribution is -2.25. The van der Waals surface area contributed by atoms with E-state index in [1.165, 1.54) is 22.4 Å². The molecule has 0 fully saturated rings. The molecule has 162 valence electrons. The summed E-state index contributed by atoms with van der Waals surface area (Å²) in [6.45, 7) is 0. The van der Waals surface area contributed by atoms with Crippen molar-refractivity contribution in [2.45, 2.75) is 9.37 Å². The van der Waals surface area contributed by atoms with Crippen LogP contribution in [0.15, 0.2) is 98.3 Å². The number of fused-ring (bicyclic) bond motifs is 2. The molecule has 33 heavy (non-hydrogen) atoms. The second-order valence-electron chi connectivity index (χ2n) is 6.80. The molecule has 0 amide bonds. The number of para-hydroxylation sites is 2. The Morgan fingerprint density at radius 1 is 1.03 bits per heavy atom. The van der Waals surface area contributed by atoms with Crippen LogP contribution in [-0.2, 0) is 0 Å². The SMILES string of the molecule is O=c1c(/C=N\NC(=S)Nc2ccccc2)c(Sc2nc3ccccc3s2)nc2ccccn12. The van der Waals surface area contributed by atoms with Crippen molar-refractivity contribution < 1.29 is 0 Å². The number of nitrogens with one attached hydrogen (secondary N) is 2. The van der Waals surface area contributed by atoms with Gasteiger partial charge < -0.3 is 5.32 Å². The summed E-state index contributed by atoms with van der Waals surface area (Å²) in [4.78, 5) is 22.6. The fraction of sp³-hybridized carbons (Fsp3) is 0. The average Bonchev–Trinajstić information content (AvgIpc) is 3.24. The van der Waals surface area contributed by atoms with Crippen LogP contribution >= 0.6 is 35.3 Å². The number of hydrogen-bond acceptors (Lipinski definition) is 7. The molecule has 0 aliphatic heterocycles. The Labute approximate surface area is 202 Å². The molecular weight excluding hydrogens is 472 g/mol. The van der Waals surface area contributed by atoms with Crippen molar-refractivity contribution in [3.8, 4) is 0 Å². The van der Waals surface area contributed by atoms with Gasteiger partial charge in [-0.2, -0.15) is 5.10 Å². The fourth-order valence-electron chi connectivity index (χ4n) is 3.08. The van der Waals surface area contributed by atoms with Crippen LogP contribution in [0.4, 0.5) is 5.69 Å². The number of nitrogens with zero attached hydrogens (tertiary/aromatic N) is 4. The zero-order chi connectivity index (χ0) is 22.6. The molecule has 0 radical (unpaired) electrons. The lowest BCUT2D eigenvalue weighted by Gasteiger charge is -2.08. The minimum absolute atomic E-state index is 0.225. The summed E-state index contributed by atoms with van der Waals surface area (Å²) >= 11 is 8.19. The zero-order valence-corrected chi connectivity index (χ0v) is 19.5. The highest BCUT2D eigenvalue weighted by Gasteiger charge is 2.15. The van der Waals surface area contributed by atoms with E-state index < -0.39 is 0 Å². The molecule has 2 N–H and O–H groups in total. The third-order valence-corrected chi connectivity index (χ3v) is 6.88. The van der Waals surface area contributed by atoms with Crippen molar-refractivity contribution >= 4 is 68.2 Å². The Morgan fingerprint density at radius 3 is 2.67 bits per heavy atom. The van der Waals surface area contributed by atoms with Crippen LogP contribution in [0.25, 0.3) is 15.9 Å². The van der Waals surface area contributed by atoms with Gasteiger partial charge in [-0.3, -0.25) is 14.6 Å². The second-order valence-corrected chi connectivity index (χ2v) is 9.48. The Balaban J connectivity index is 1.45. The second kappa shape index (κ2) is 9.49. The molecule has 0 aliphatic rings. The molecule has 3 aromatic heterocycles. The highest BCUT2D eigenvalue weighted by molar-refractivity contribution is 8.01. The minimum Gasteiger partial charge on any atom is -0.331 e. The Hall–Kier alpha value is -3.60. The van der Waals surface area contributed by atoms with Crippen molar-refractivity contribution in [3.63, 3.8) is 0 Å². The predicted octanol–water partition coefficient (Wildman–Crippen LogP) is 4.78. The largest absolute Gasteiger partial charge is 0.331 e. The number of rotatable bonds is 5. The average molecular weight is 489 g/mol. The first-order chi connectivity index (χ1) is 16.2. The van der Waals surface area contributed by atoms with Crippen molar-refractivity contribution in [1.29, 1.82) is 0 Å². The smallest absolute Gasteiger partial charge is 0.267 e. The highest BCUT2D eigenvalue weighted by atomic mass is 32.2. The van der Waals surface area contributed by atoms with E-state index in [4.69, 9.17) is 17.2 Å². The van der Waals surface area contributed by atoms with E-state index in [0.717, 1.165) is 20.2 Å². The van der Waals surface area contributed by atoms with Gasteiger partial charge in [0.05, 0.1) is 22.0 Å². The van der Waals surface area contributed by atoms with E-state index >= 15 is 0 Å². The lowest BCUT2D eigenvalue weighted by molar-refractivity contribution is 0.970. The number of aromatic nitrogens is 3. The van der Waals surface area contributed by atoms with Gasteiger partial charge in [0.2, 0.25) is 0 Å². The maximum atomic E-state index is 13.2. The molecule has 7 nitrogen and oxygen atoms in total. The van der Waals surface area contributed by atoms with Gasteiger partial charge in [-0.25, -0.2) is 9.97 Å². The molecule has 0 unspecified atom stereocenters. The van der Waals surface area contributed by atoms with Crippen LogP contribution < -0.4 is 16.3 Å². The molecular formula is C23H16N6OS3. The van der Waals surface area contributed by atoms with E-state index in [-0.39, 0.29) is 5.56 Å². The van der Waals surface area contributed by atoms with Crippen LogP contribution in [-0.4, -0.2) is 25.7 Å². The predicted molar refractivity (Wildman–Crippen MR) is 139 cm³/mol. The quantitative estimate of drug-likeness (QED) is 0.159. The first-order valence-electron chi connectivity index (χ1n) is 9.87. The maximum absolute atomic E-state index is 13.2. The van der Waals surface area contributed by atoms with Gasteiger partial charge in [-0.15, -0.1) is 11.3 Å². The Bertz CT molecular complexity index is 1510. The molecule has 5 rings (SSSR count). The lowest BCUT2D eigenvalue weighted by atomic mass is 10.3. The molecule has 0 bridgehead atoms. The van der Waals surface area contributed by atoms with E-state index in [2.05, 4.69) is 20.8 Å². The number of hydrazone groups is 1. The maximum Gasteiger partial charge on any atom is 0.267 e. The summed E-state index contributed by atoms with van der Waals surface area (Å²) < 4.78 is 3.36. The summed E-state index contributed by atoms with van der Waals surface area (Å²) in [6.07, 6.45) is 3.13. The summed E-state index contributed by atoms with van der Waals surface area (Å²) in [6, 6.07) is 22.9. The Morgan fingerprint density at radius 2 is 1.82 bits per heavy atom. The van der Waals surface area contributed by atoms with E-state index in [9.17, 15) is 4.79 Å². The van der Waals surface area contributed by atoms with Crippen molar-refractivity contribution in [1.82, 2.24) is 19.8 Å². The molecule has 2 aromatic carbocycles. The van der Waals surface area contributed by atoms with Gasteiger partial charge in [-0.05, 0) is 60.4 Å². The van der Waals surface area contributed by atoms with Gasteiger partial charge in [0.25, 0.3) is 5.56 Å². The number of pyridine rings is 1. The van der Waals surface area contributed by atoms with E-state index in [1.807, 2.05) is 60.7 Å². The van der Waals surface area contributed by atoms with E-state index in [1.54, 1.807) is 29.7 Å². The van der Waals surface area contributed by atoms with Crippen LogP contribution in [0.5, 0.6) is 0 Å². The first-order valence-corrected chi connectivity index (χ1v) is 11.9. The molecule has 0 aliphatic carbocycles. The van der Waals surface area contributed by atoms with Crippen molar-refractivity contribution in [2.75, 3.05) is 5.32 Å². The van der Waals surface area contributed by atoms with Gasteiger partial charge >= 0.3 is 0 Å². The van der Waals surface area contributed by atoms with Crippen molar-refractivity contribution in [3.05, 3.63) is 94.9 Å². The standard InChI is InChI=1S/C23H16N6OS3/c30-21-16(14-24-28-22(31)25-15-8-2-1-3-9-15)20(27-19-12-6-7-13-29(19)21)33-23-26-17-10-4-5-11-18(17)32-23/h1-14H,(H2,25,28,31)/b24-14-. The number of thiazole rings is 1. The summed E-state index contributed by atoms with van der Waals surface area (Å²) in [5, 5.41) is 8.06. The summed E-state index contributed by atoms with van der Waals surface area (Å²) in [5.74, 6) is 0. The van der Waals surface area contributed by atoms with Gasteiger partial charge in [0, 0.05) is 11.9 Å². The monoisotopic (exact) mass is 488 g/mol. The third kappa shape index (κ3) is 4.77. The van der Waals surface area contributed by atoms with Crippen LogP contribution in [0, 0.1) is 0 Å². The number of hydrogen-bond donors (Lipinski definition) is 2. The molecule has 0 atom stereocenters. The number of benzene rings is 2. The fourth-order valence-corrected chi connectivity index (χ4v) is 5.32. The molecule has 5 aromatic rings. The molecule has 0 saturated carbocycles. The van der Waals surface area contributed by atoms with Crippen LogP contribution in [0.1, 0.15) is 5.56 Å². The molecule has 3 heterocycles. The topological polar surface area (TPSA) is 83.7 Å². The molecule has 0 saturated heterocycles. The highest BCUT2D eigenvalue weighted by Crippen LogP contribution is 2.34. The summed E-state index contributed by atoms with van der Waals surface area (Å²) in [7, 11) is 0. The summed E-state index contributed by atoms with van der Waals surface area (Å²) in [5.41, 5.74) is 5.18. The van der Waals surface area contributed by atoms with Crippen LogP contribution in [0.3, 0.4) is 0 Å². The molecule has 10 heteroatoms. The first kappa shape index (κ1) is 21.3. The number of anilines is 1. The van der Waals surface area contributed by atoms with Crippen LogP contribution in [0.2, 0.25) is 0 Å².